The molecule has 0 fully saturated rings. The van der Waals surface area contributed by atoms with Crippen LogP contribution in [0.1, 0.15) is 43.0 Å². The fourth-order valence-corrected chi connectivity index (χ4v) is 6.16. The number of thiophene rings is 2. The first-order valence-corrected chi connectivity index (χ1v) is 13.1. The smallest absolute Gasteiger partial charge is 0.341 e. The number of carbonyl (C=O) groups excluding carboxylic acids is 3. The molecule has 3 heterocycles. The van der Waals surface area contributed by atoms with Crippen LogP contribution < -0.4 is 5.32 Å². The number of nitrogens with zero attached hydrogens (tertiary/aromatic N) is 4. The largest absolute Gasteiger partial charge is 0.465 e. The lowest BCUT2D eigenvalue weighted by Gasteiger charge is -2.08. The maximum absolute atomic E-state index is 12.8. The number of nitrogens with one attached hydrogen (secondary N) is 1. The van der Waals surface area contributed by atoms with E-state index in [-0.39, 0.29) is 23.1 Å². The molecule has 0 saturated carbocycles. The summed E-state index contributed by atoms with van der Waals surface area (Å²) in [7, 11) is 4.52. The monoisotopic (exact) mass is 521 g/mol. The molecule has 0 aliphatic rings. The van der Waals surface area contributed by atoms with Crippen LogP contribution >= 0.6 is 34.4 Å². The average molecular weight is 522 g/mol. The van der Waals surface area contributed by atoms with Gasteiger partial charge < -0.3 is 19.5 Å². The minimum Gasteiger partial charge on any atom is -0.465 e. The van der Waals surface area contributed by atoms with Crippen LogP contribution in [0, 0.1) is 20.8 Å². The highest BCUT2D eigenvalue weighted by molar-refractivity contribution is 7.99. The van der Waals surface area contributed by atoms with E-state index in [9.17, 15) is 14.4 Å². The van der Waals surface area contributed by atoms with Crippen molar-refractivity contribution in [2.24, 2.45) is 0 Å². The number of ether oxygens (including phenoxy) is 1. The summed E-state index contributed by atoms with van der Waals surface area (Å²) >= 11 is 4.00. The molecule has 34 heavy (non-hydrogen) atoms. The van der Waals surface area contributed by atoms with Gasteiger partial charge in [0.2, 0.25) is 5.91 Å². The Hall–Kier alpha value is -2.70. The number of hydrogen-bond acceptors (Lipinski definition) is 9. The van der Waals surface area contributed by atoms with Crippen molar-refractivity contribution < 1.29 is 19.1 Å². The molecular weight excluding hydrogens is 494 g/mol. The second-order valence-corrected chi connectivity index (χ2v) is 10.7. The molecular formula is C22H27N5O4S3. The van der Waals surface area contributed by atoms with Gasteiger partial charge in [-0.05, 0) is 38.8 Å². The van der Waals surface area contributed by atoms with Gasteiger partial charge in [-0.15, -0.1) is 32.9 Å². The minimum atomic E-state index is -0.605. The van der Waals surface area contributed by atoms with Gasteiger partial charge in [0, 0.05) is 36.5 Å². The average Bonchev–Trinajstić information content (AvgIpc) is 3.46. The van der Waals surface area contributed by atoms with Gasteiger partial charge in [0.1, 0.15) is 5.00 Å². The number of anilines is 1. The Morgan fingerprint density at radius 1 is 1.18 bits per heavy atom. The van der Waals surface area contributed by atoms with E-state index in [1.807, 2.05) is 11.5 Å². The van der Waals surface area contributed by atoms with Crippen molar-refractivity contribution in [3.8, 4) is 11.4 Å². The third-order valence-corrected chi connectivity index (χ3v) is 8.46. The van der Waals surface area contributed by atoms with Gasteiger partial charge in [0.05, 0.1) is 23.3 Å². The van der Waals surface area contributed by atoms with Gasteiger partial charge in [-0.3, -0.25) is 9.59 Å². The van der Waals surface area contributed by atoms with Crippen molar-refractivity contribution in [3.05, 3.63) is 31.8 Å². The van der Waals surface area contributed by atoms with E-state index in [2.05, 4.69) is 34.7 Å². The van der Waals surface area contributed by atoms with Crippen LogP contribution in [-0.2, 0) is 16.1 Å². The lowest BCUT2D eigenvalue weighted by atomic mass is 10.1. The first-order valence-electron chi connectivity index (χ1n) is 10.4. The normalized spacial score (nSPS) is 10.9. The zero-order valence-corrected chi connectivity index (χ0v) is 22.6. The van der Waals surface area contributed by atoms with Crippen LogP contribution in [0.3, 0.4) is 0 Å². The molecule has 3 rings (SSSR count). The number of thioether (sulfide) groups is 1. The number of methoxy groups -OCH3 is 1. The molecule has 0 bridgehead atoms. The predicted molar refractivity (Wildman–Crippen MR) is 136 cm³/mol. The highest BCUT2D eigenvalue weighted by Crippen LogP contribution is 2.35. The summed E-state index contributed by atoms with van der Waals surface area (Å²) < 4.78 is 6.86. The maximum Gasteiger partial charge on any atom is 0.341 e. The molecule has 0 aliphatic heterocycles. The van der Waals surface area contributed by atoms with Gasteiger partial charge in [-0.25, -0.2) is 4.79 Å². The minimum absolute atomic E-state index is 0.0638. The number of esters is 1. The van der Waals surface area contributed by atoms with Crippen LogP contribution in [0.15, 0.2) is 10.5 Å². The Balaban J connectivity index is 1.79. The van der Waals surface area contributed by atoms with Crippen molar-refractivity contribution >= 4 is 57.2 Å². The van der Waals surface area contributed by atoms with Gasteiger partial charge in [-0.1, -0.05) is 11.8 Å². The van der Waals surface area contributed by atoms with Crippen molar-refractivity contribution in [1.29, 1.82) is 0 Å². The van der Waals surface area contributed by atoms with E-state index in [0.717, 1.165) is 22.7 Å². The van der Waals surface area contributed by atoms with Gasteiger partial charge in [0.15, 0.2) is 11.0 Å². The van der Waals surface area contributed by atoms with Crippen LogP contribution in [0.5, 0.6) is 0 Å². The summed E-state index contributed by atoms with van der Waals surface area (Å²) in [5.41, 5.74) is 2.89. The first-order chi connectivity index (χ1) is 16.1. The SMILES string of the molecule is CCn1c(SCC(=O)Nc2sc(C(=O)N(C)C)c(C)c2C(=O)OC)nnc1-c1csc(C)c1C. The lowest BCUT2D eigenvalue weighted by molar-refractivity contribution is -0.113. The molecule has 182 valence electrons. The number of amides is 2. The standard InChI is InChI=1S/C22H27N5O4S3/c1-8-27-18(14-9-32-13(4)11(14)2)24-25-22(27)33-10-15(28)23-19-16(21(30)31-7)12(3)17(34-19)20(29)26(5)6/h9H,8,10H2,1-7H3,(H,23,28). The van der Waals surface area contributed by atoms with Gasteiger partial charge in [0.25, 0.3) is 5.91 Å². The second-order valence-electron chi connectivity index (χ2n) is 7.67. The van der Waals surface area contributed by atoms with Crippen molar-refractivity contribution in [2.45, 2.75) is 39.4 Å². The van der Waals surface area contributed by atoms with E-state index in [4.69, 9.17) is 4.74 Å². The Bertz CT molecular complexity index is 1240. The summed E-state index contributed by atoms with van der Waals surface area (Å²) in [6.45, 7) is 8.47. The molecule has 0 radical (unpaired) electrons. The molecule has 0 spiro atoms. The van der Waals surface area contributed by atoms with Gasteiger partial charge in [-0.2, -0.15) is 0 Å². The van der Waals surface area contributed by atoms with E-state index in [1.54, 1.807) is 32.4 Å². The maximum atomic E-state index is 12.8. The van der Waals surface area contributed by atoms with E-state index in [1.165, 1.54) is 34.2 Å². The van der Waals surface area contributed by atoms with Crippen molar-refractivity contribution in [3.63, 3.8) is 0 Å². The number of rotatable bonds is 8. The quantitative estimate of drug-likeness (QED) is 0.349. The highest BCUT2D eigenvalue weighted by atomic mass is 32.2. The molecule has 1 N–H and O–H groups in total. The fourth-order valence-electron chi connectivity index (χ4n) is 3.26. The molecule has 0 aromatic carbocycles. The Labute approximate surface area is 210 Å². The summed E-state index contributed by atoms with van der Waals surface area (Å²) in [6, 6.07) is 0. The van der Waals surface area contributed by atoms with Crippen molar-refractivity contribution in [1.82, 2.24) is 19.7 Å². The summed E-state index contributed by atoms with van der Waals surface area (Å²) in [4.78, 5) is 40.7. The molecule has 0 unspecified atom stereocenters. The van der Waals surface area contributed by atoms with Crippen LogP contribution in [0.2, 0.25) is 0 Å². The van der Waals surface area contributed by atoms with Crippen LogP contribution in [0.25, 0.3) is 11.4 Å². The Morgan fingerprint density at radius 2 is 1.88 bits per heavy atom. The molecule has 3 aromatic rings. The summed E-state index contributed by atoms with van der Waals surface area (Å²) in [6.07, 6.45) is 0. The lowest BCUT2D eigenvalue weighted by Crippen LogP contribution is -2.21. The third-order valence-electron chi connectivity index (χ3n) is 5.28. The van der Waals surface area contributed by atoms with Crippen LogP contribution in [-0.4, -0.2) is 64.4 Å². The third kappa shape index (κ3) is 5.03. The molecule has 3 aromatic heterocycles. The number of hydrogen-bond donors (Lipinski definition) is 1. The molecule has 2 amide bonds. The second kappa shape index (κ2) is 10.7. The first kappa shape index (κ1) is 25.9. The molecule has 0 saturated heterocycles. The van der Waals surface area contributed by atoms with Crippen molar-refractivity contribution in [2.75, 3.05) is 32.3 Å². The highest BCUT2D eigenvalue weighted by Gasteiger charge is 2.27. The predicted octanol–water partition coefficient (Wildman–Crippen LogP) is 4.23. The molecule has 12 heteroatoms. The molecule has 0 atom stereocenters. The summed E-state index contributed by atoms with van der Waals surface area (Å²) in [5.74, 6) is -0.332. The topological polar surface area (TPSA) is 106 Å². The van der Waals surface area contributed by atoms with Crippen LogP contribution in [0.4, 0.5) is 5.00 Å². The Kier molecular flexibility index (Phi) is 8.16. The fraction of sp³-hybridized carbons (Fsp3) is 0.409. The van der Waals surface area contributed by atoms with E-state index < -0.39 is 5.97 Å². The number of carbonyl (C=O) groups is 3. The molecule has 0 aliphatic carbocycles. The zero-order valence-electron chi connectivity index (χ0n) is 20.1. The van der Waals surface area contributed by atoms with E-state index >= 15 is 0 Å². The van der Waals surface area contributed by atoms with Gasteiger partial charge >= 0.3 is 5.97 Å². The van der Waals surface area contributed by atoms with E-state index in [0.29, 0.717) is 27.1 Å². The summed E-state index contributed by atoms with van der Waals surface area (Å²) in [5, 5.41) is 14.4. The number of aryl methyl sites for hydroxylation is 1. The number of aromatic nitrogens is 3. The molecule has 9 nitrogen and oxygen atoms in total. The Morgan fingerprint density at radius 3 is 2.44 bits per heavy atom. The zero-order chi connectivity index (χ0) is 25.2.